The van der Waals surface area contributed by atoms with Crippen LogP contribution in [0.15, 0.2) is 18.2 Å². The third-order valence-corrected chi connectivity index (χ3v) is 2.53. The second-order valence-corrected chi connectivity index (χ2v) is 4.16. The Balaban J connectivity index is 2.62. The molecule has 0 saturated carbocycles. The smallest absolute Gasteiger partial charge is 0.328 e. The minimum absolute atomic E-state index is 0.162. The Morgan fingerprint density at radius 1 is 1.50 bits per heavy atom. The van der Waals surface area contributed by atoms with Crippen molar-refractivity contribution in [3.8, 4) is 0 Å². The van der Waals surface area contributed by atoms with Crippen LogP contribution in [0.2, 0.25) is 5.02 Å². The molecule has 0 aromatic heterocycles. The summed E-state index contributed by atoms with van der Waals surface area (Å²) in [5.41, 5.74) is 0.217. The maximum absolute atomic E-state index is 13.4. The van der Waals surface area contributed by atoms with Crippen molar-refractivity contribution >= 4 is 23.5 Å². The van der Waals surface area contributed by atoms with E-state index in [1.807, 2.05) is 0 Å². The lowest BCUT2D eigenvalue weighted by atomic mass is 10.1. The van der Waals surface area contributed by atoms with E-state index in [0.29, 0.717) is 0 Å². The van der Waals surface area contributed by atoms with Gasteiger partial charge in [0, 0.05) is 5.02 Å². The number of hydrogen-bond acceptors (Lipinski definition) is 3. The van der Waals surface area contributed by atoms with Crippen molar-refractivity contribution in [3.05, 3.63) is 34.6 Å². The normalized spacial score (nSPS) is 11.8. The van der Waals surface area contributed by atoms with Crippen LogP contribution in [-0.4, -0.2) is 25.0 Å². The number of nitrogens with one attached hydrogen (secondary N) is 1. The molecule has 98 valence electrons. The van der Waals surface area contributed by atoms with Crippen molar-refractivity contribution in [1.29, 1.82) is 0 Å². The Morgan fingerprint density at radius 2 is 2.17 bits per heavy atom. The Labute approximate surface area is 109 Å². The lowest BCUT2D eigenvalue weighted by Gasteiger charge is -2.11. The van der Waals surface area contributed by atoms with E-state index in [0.717, 1.165) is 6.07 Å². The molecule has 0 aliphatic rings. The quantitative estimate of drug-likeness (QED) is 0.850. The minimum Gasteiger partial charge on any atom is -0.467 e. The van der Waals surface area contributed by atoms with E-state index in [1.54, 1.807) is 0 Å². The number of rotatable bonds is 4. The molecule has 4 nitrogen and oxygen atoms in total. The molecular weight excluding hydrogens is 261 g/mol. The van der Waals surface area contributed by atoms with Gasteiger partial charge in [0.05, 0.1) is 13.5 Å². The number of amides is 1. The Morgan fingerprint density at radius 3 is 2.72 bits per heavy atom. The highest BCUT2D eigenvalue weighted by molar-refractivity contribution is 6.30. The first kappa shape index (κ1) is 14.4. The van der Waals surface area contributed by atoms with Crippen LogP contribution >= 0.6 is 11.6 Å². The summed E-state index contributed by atoms with van der Waals surface area (Å²) in [4.78, 5) is 22.6. The summed E-state index contributed by atoms with van der Waals surface area (Å²) in [6.45, 7) is 1.49. The molecule has 0 saturated heterocycles. The highest BCUT2D eigenvalue weighted by Crippen LogP contribution is 2.15. The van der Waals surface area contributed by atoms with Gasteiger partial charge in [0.2, 0.25) is 5.91 Å². The Kier molecular flexibility index (Phi) is 5.09. The molecule has 0 fully saturated rings. The van der Waals surface area contributed by atoms with Crippen molar-refractivity contribution in [2.75, 3.05) is 7.11 Å². The van der Waals surface area contributed by atoms with Gasteiger partial charge in [0.25, 0.3) is 0 Å². The first-order valence-electron chi connectivity index (χ1n) is 5.25. The molecule has 1 aromatic rings. The van der Waals surface area contributed by atoms with Gasteiger partial charge in [-0.05, 0) is 24.6 Å². The molecule has 0 heterocycles. The van der Waals surface area contributed by atoms with Crippen LogP contribution in [0.4, 0.5) is 4.39 Å². The molecule has 1 unspecified atom stereocenters. The van der Waals surface area contributed by atoms with E-state index in [-0.39, 0.29) is 17.0 Å². The van der Waals surface area contributed by atoms with Crippen molar-refractivity contribution in [2.45, 2.75) is 19.4 Å². The number of esters is 1. The fraction of sp³-hybridized carbons (Fsp3) is 0.333. The predicted molar refractivity (Wildman–Crippen MR) is 64.7 cm³/mol. The first-order valence-corrected chi connectivity index (χ1v) is 5.63. The zero-order valence-corrected chi connectivity index (χ0v) is 10.8. The fourth-order valence-electron chi connectivity index (χ4n) is 1.37. The van der Waals surface area contributed by atoms with E-state index >= 15 is 0 Å². The summed E-state index contributed by atoms with van der Waals surface area (Å²) in [6.07, 6.45) is -0.162. The molecule has 0 aliphatic carbocycles. The molecule has 0 spiro atoms. The van der Waals surface area contributed by atoms with Crippen LogP contribution in [0, 0.1) is 5.82 Å². The Hall–Kier alpha value is -1.62. The number of hydrogen-bond donors (Lipinski definition) is 1. The van der Waals surface area contributed by atoms with Gasteiger partial charge < -0.3 is 10.1 Å². The molecule has 0 aliphatic heterocycles. The zero-order chi connectivity index (χ0) is 13.7. The summed E-state index contributed by atoms with van der Waals surface area (Å²) in [5, 5.41) is 2.67. The topological polar surface area (TPSA) is 55.4 Å². The second-order valence-electron chi connectivity index (χ2n) is 3.72. The molecule has 0 radical (unpaired) electrons. The molecule has 1 N–H and O–H groups in total. The molecule has 1 aromatic carbocycles. The maximum Gasteiger partial charge on any atom is 0.328 e. The second kappa shape index (κ2) is 6.35. The number of ether oxygens (including phenoxy) is 1. The molecule has 1 rings (SSSR count). The average Bonchev–Trinajstić information content (AvgIpc) is 2.31. The van der Waals surface area contributed by atoms with Crippen LogP contribution in [0.5, 0.6) is 0 Å². The van der Waals surface area contributed by atoms with Crippen LogP contribution in [0.3, 0.4) is 0 Å². The van der Waals surface area contributed by atoms with Gasteiger partial charge in [-0.1, -0.05) is 17.7 Å². The van der Waals surface area contributed by atoms with Crippen LogP contribution < -0.4 is 5.32 Å². The van der Waals surface area contributed by atoms with E-state index in [1.165, 1.54) is 26.2 Å². The summed E-state index contributed by atoms with van der Waals surface area (Å²) in [7, 11) is 1.23. The first-order chi connectivity index (χ1) is 8.43. The van der Waals surface area contributed by atoms with E-state index < -0.39 is 23.7 Å². The number of carbonyl (C=O) groups is 2. The van der Waals surface area contributed by atoms with E-state index in [4.69, 9.17) is 11.6 Å². The van der Waals surface area contributed by atoms with Crippen molar-refractivity contribution in [1.82, 2.24) is 5.32 Å². The standard InChI is InChI=1S/C12H13ClFNO3/c1-7(12(17)18-2)15-11(16)5-8-3-4-9(13)6-10(8)14/h3-4,6-7H,5H2,1-2H3,(H,15,16). The minimum atomic E-state index is -0.766. The van der Waals surface area contributed by atoms with Crippen LogP contribution in [0.1, 0.15) is 12.5 Å². The predicted octanol–water partition coefficient (Wildman–Crippen LogP) is 1.70. The van der Waals surface area contributed by atoms with Gasteiger partial charge in [-0.25, -0.2) is 9.18 Å². The summed E-state index contributed by atoms with van der Waals surface area (Å²) >= 11 is 5.60. The fourth-order valence-corrected chi connectivity index (χ4v) is 1.53. The van der Waals surface area contributed by atoms with Crippen LogP contribution in [0.25, 0.3) is 0 Å². The van der Waals surface area contributed by atoms with Gasteiger partial charge in [-0.15, -0.1) is 0 Å². The van der Waals surface area contributed by atoms with Crippen molar-refractivity contribution in [3.63, 3.8) is 0 Å². The number of carbonyl (C=O) groups excluding carboxylic acids is 2. The Bertz CT molecular complexity index is 465. The maximum atomic E-state index is 13.4. The van der Waals surface area contributed by atoms with Gasteiger partial charge >= 0.3 is 5.97 Å². The molecule has 1 atom stereocenters. The van der Waals surface area contributed by atoms with Crippen LogP contribution in [-0.2, 0) is 20.7 Å². The summed E-state index contributed by atoms with van der Waals surface area (Å²) < 4.78 is 17.9. The third-order valence-electron chi connectivity index (χ3n) is 2.30. The monoisotopic (exact) mass is 273 g/mol. The molecular formula is C12H13ClFNO3. The highest BCUT2D eigenvalue weighted by Gasteiger charge is 2.16. The summed E-state index contributed by atoms with van der Waals surface area (Å²) in [5.74, 6) is -1.57. The molecule has 18 heavy (non-hydrogen) atoms. The lowest BCUT2D eigenvalue weighted by Crippen LogP contribution is -2.40. The summed E-state index contributed by atoms with van der Waals surface area (Å²) in [6, 6.07) is 3.29. The average molecular weight is 274 g/mol. The third kappa shape index (κ3) is 4.00. The van der Waals surface area contributed by atoms with Gasteiger partial charge in [-0.2, -0.15) is 0 Å². The SMILES string of the molecule is COC(=O)C(C)NC(=O)Cc1ccc(Cl)cc1F. The van der Waals surface area contributed by atoms with Gasteiger partial charge in [0.1, 0.15) is 11.9 Å². The molecule has 6 heteroatoms. The highest BCUT2D eigenvalue weighted by atomic mass is 35.5. The van der Waals surface area contributed by atoms with Gasteiger partial charge in [0.15, 0.2) is 0 Å². The number of halogens is 2. The van der Waals surface area contributed by atoms with Crippen molar-refractivity contribution in [2.24, 2.45) is 0 Å². The largest absolute Gasteiger partial charge is 0.467 e. The number of methoxy groups -OCH3 is 1. The molecule has 1 amide bonds. The number of benzene rings is 1. The lowest BCUT2D eigenvalue weighted by molar-refractivity contribution is -0.144. The van der Waals surface area contributed by atoms with E-state index in [9.17, 15) is 14.0 Å². The van der Waals surface area contributed by atoms with Crippen molar-refractivity contribution < 1.29 is 18.7 Å². The zero-order valence-electron chi connectivity index (χ0n) is 10.00. The van der Waals surface area contributed by atoms with Gasteiger partial charge in [-0.3, -0.25) is 4.79 Å². The van der Waals surface area contributed by atoms with E-state index in [2.05, 4.69) is 10.1 Å². The molecule has 0 bridgehead atoms.